The van der Waals surface area contributed by atoms with E-state index >= 15 is 0 Å². The molecule has 0 unspecified atom stereocenters. The molecule has 0 heteroatoms. The zero-order valence-electron chi connectivity index (χ0n) is 42.9. The highest BCUT2D eigenvalue weighted by Gasteiger charge is 2.20. The molecule has 0 bridgehead atoms. The molecule has 0 saturated carbocycles. The minimum absolute atomic E-state index is 1.19. The highest BCUT2D eigenvalue weighted by atomic mass is 14.2. The van der Waals surface area contributed by atoms with E-state index in [-0.39, 0.29) is 0 Å². The van der Waals surface area contributed by atoms with Crippen molar-refractivity contribution in [1.82, 2.24) is 0 Å². The summed E-state index contributed by atoms with van der Waals surface area (Å²) in [6, 6.07) is 112. The first kappa shape index (κ1) is 45.3. The fourth-order valence-electron chi connectivity index (χ4n) is 12.6. The molecule has 0 aromatic heterocycles. The van der Waals surface area contributed by atoms with Crippen LogP contribution >= 0.6 is 0 Å². The van der Waals surface area contributed by atoms with Crippen molar-refractivity contribution >= 4 is 64.6 Å². The first-order valence-electron chi connectivity index (χ1n) is 27.1. The zero-order valence-corrected chi connectivity index (χ0v) is 42.9. The summed E-state index contributed by atoms with van der Waals surface area (Å²) in [4.78, 5) is 0. The summed E-state index contributed by atoms with van der Waals surface area (Å²) in [5.41, 5.74) is 19.6. The van der Waals surface area contributed by atoms with Gasteiger partial charge in [-0.05, 0) is 190 Å². The van der Waals surface area contributed by atoms with Gasteiger partial charge in [0.2, 0.25) is 0 Å². The SMILES string of the molecule is c1ccc(-c2cccc(-c3c4ccccc4c(-c4cccc(-c5ccc6ccc7ccc(-c8cccc(-c9c%10ccccc%10c(-c%10cccc(-c%11ccccc%11)c%10)c%10ccccc9%10)c8)cc7c6c5)c4)c4ccccc34)c2)cc1. The van der Waals surface area contributed by atoms with Crippen molar-refractivity contribution in [3.05, 3.63) is 303 Å². The van der Waals surface area contributed by atoms with Gasteiger partial charge < -0.3 is 0 Å². The van der Waals surface area contributed by atoms with E-state index < -0.39 is 0 Å². The Hall–Kier alpha value is -10.1. The molecule has 0 amide bonds. The summed E-state index contributed by atoms with van der Waals surface area (Å²) in [5.74, 6) is 0. The Bertz CT molecular complexity index is 4410. The maximum atomic E-state index is 2.41. The number of fused-ring (bicyclic) bond motifs is 7. The van der Waals surface area contributed by atoms with E-state index in [2.05, 4.69) is 303 Å². The molecule has 0 heterocycles. The van der Waals surface area contributed by atoms with Crippen molar-refractivity contribution in [2.45, 2.75) is 0 Å². The van der Waals surface area contributed by atoms with Gasteiger partial charge in [-0.2, -0.15) is 0 Å². The first-order valence-corrected chi connectivity index (χ1v) is 27.1. The minimum atomic E-state index is 1.19. The van der Waals surface area contributed by atoms with Crippen molar-refractivity contribution in [2.24, 2.45) is 0 Å². The van der Waals surface area contributed by atoms with Crippen molar-refractivity contribution in [1.29, 1.82) is 0 Å². The largest absolute Gasteiger partial charge is 0.0622 e. The van der Waals surface area contributed by atoms with Crippen LogP contribution in [-0.4, -0.2) is 0 Å². The normalized spacial score (nSPS) is 11.6. The monoisotopic (exact) mass is 986 g/mol. The Morgan fingerprint density at radius 3 is 0.603 bits per heavy atom. The van der Waals surface area contributed by atoms with E-state index in [1.54, 1.807) is 0 Å². The quantitative estimate of drug-likeness (QED) is 0.105. The molecule has 15 aromatic rings. The molecule has 0 saturated heterocycles. The Kier molecular flexibility index (Phi) is 11.0. The zero-order chi connectivity index (χ0) is 51.5. The predicted octanol–water partition coefficient (Wildman–Crippen LogP) is 21.9. The fraction of sp³-hybridized carbons (Fsp3) is 0. The third kappa shape index (κ3) is 7.77. The number of hydrogen-bond donors (Lipinski definition) is 0. The highest BCUT2D eigenvalue weighted by molar-refractivity contribution is 6.23. The van der Waals surface area contributed by atoms with E-state index in [1.807, 2.05) is 0 Å². The van der Waals surface area contributed by atoms with E-state index in [0.717, 1.165) is 0 Å². The van der Waals surface area contributed by atoms with Crippen LogP contribution in [0.1, 0.15) is 0 Å². The maximum Gasteiger partial charge on any atom is -0.00262 e. The van der Waals surface area contributed by atoms with E-state index in [4.69, 9.17) is 0 Å². The molecule has 15 aromatic carbocycles. The van der Waals surface area contributed by atoms with Gasteiger partial charge in [0.25, 0.3) is 0 Å². The second-order valence-corrected chi connectivity index (χ2v) is 20.7. The Balaban J connectivity index is 0.827. The molecule has 0 spiro atoms. The molecule has 0 aliphatic rings. The number of benzene rings is 15. The fourth-order valence-corrected chi connectivity index (χ4v) is 12.6. The second-order valence-electron chi connectivity index (χ2n) is 20.7. The number of rotatable bonds is 8. The van der Waals surface area contributed by atoms with Gasteiger partial charge in [-0.25, -0.2) is 0 Å². The van der Waals surface area contributed by atoms with Gasteiger partial charge in [-0.3, -0.25) is 0 Å². The minimum Gasteiger partial charge on any atom is -0.0622 e. The molecular weight excluding hydrogens is 937 g/mol. The summed E-state index contributed by atoms with van der Waals surface area (Å²) in [6.45, 7) is 0. The van der Waals surface area contributed by atoms with Crippen molar-refractivity contribution in [3.63, 3.8) is 0 Å². The summed E-state index contributed by atoms with van der Waals surface area (Å²) in [5, 5.41) is 14.9. The third-order valence-corrected chi connectivity index (χ3v) is 16.2. The summed E-state index contributed by atoms with van der Waals surface area (Å²) < 4.78 is 0. The lowest BCUT2D eigenvalue weighted by Gasteiger charge is -2.19. The van der Waals surface area contributed by atoms with Gasteiger partial charge in [0.1, 0.15) is 0 Å². The van der Waals surface area contributed by atoms with Crippen LogP contribution < -0.4 is 0 Å². The summed E-state index contributed by atoms with van der Waals surface area (Å²) in [7, 11) is 0. The predicted molar refractivity (Wildman–Crippen MR) is 335 cm³/mol. The van der Waals surface area contributed by atoms with E-state index in [1.165, 1.54) is 154 Å². The molecule has 78 heavy (non-hydrogen) atoms. The smallest absolute Gasteiger partial charge is 0.00262 e. The van der Waals surface area contributed by atoms with Crippen LogP contribution in [0.25, 0.3) is 154 Å². The van der Waals surface area contributed by atoms with Crippen LogP contribution in [-0.2, 0) is 0 Å². The second kappa shape index (κ2) is 18.9. The molecule has 0 aliphatic carbocycles. The van der Waals surface area contributed by atoms with Crippen LogP contribution in [0, 0.1) is 0 Å². The van der Waals surface area contributed by atoms with Gasteiger partial charge in [0, 0.05) is 0 Å². The van der Waals surface area contributed by atoms with E-state index in [9.17, 15) is 0 Å². The van der Waals surface area contributed by atoms with Gasteiger partial charge >= 0.3 is 0 Å². The first-order chi connectivity index (χ1) is 38.7. The maximum absolute atomic E-state index is 2.41. The van der Waals surface area contributed by atoms with Crippen molar-refractivity contribution in [3.8, 4) is 89.0 Å². The molecule has 0 fully saturated rings. The van der Waals surface area contributed by atoms with E-state index in [0.29, 0.717) is 0 Å². The lowest BCUT2D eigenvalue weighted by Crippen LogP contribution is -1.92. The average molecular weight is 987 g/mol. The average Bonchev–Trinajstić information content (AvgIpc) is 3.66. The van der Waals surface area contributed by atoms with Gasteiger partial charge in [0.05, 0.1) is 0 Å². The molecule has 0 aliphatic heterocycles. The molecule has 362 valence electrons. The molecule has 0 radical (unpaired) electrons. The van der Waals surface area contributed by atoms with Crippen LogP contribution in [0.2, 0.25) is 0 Å². The molecule has 0 atom stereocenters. The van der Waals surface area contributed by atoms with Gasteiger partial charge in [-0.1, -0.05) is 267 Å². The number of hydrogen-bond acceptors (Lipinski definition) is 0. The highest BCUT2D eigenvalue weighted by Crippen LogP contribution is 2.47. The third-order valence-electron chi connectivity index (χ3n) is 16.2. The summed E-state index contributed by atoms with van der Waals surface area (Å²) >= 11 is 0. The van der Waals surface area contributed by atoms with Gasteiger partial charge in [0.15, 0.2) is 0 Å². The Labute approximate surface area is 454 Å². The van der Waals surface area contributed by atoms with Crippen molar-refractivity contribution < 1.29 is 0 Å². The van der Waals surface area contributed by atoms with Crippen LogP contribution in [0.4, 0.5) is 0 Å². The lowest BCUT2D eigenvalue weighted by molar-refractivity contribution is 1.60. The topological polar surface area (TPSA) is 0 Å². The molecule has 0 nitrogen and oxygen atoms in total. The Morgan fingerprint density at radius 1 is 0.115 bits per heavy atom. The van der Waals surface area contributed by atoms with Crippen molar-refractivity contribution in [2.75, 3.05) is 0 Å². The Morgan fingerprint density at radius 2 is 0.321 bits per heavy atom. The van der Waals surface area contributed by atoms with Crippen LogP contribution in [0.15, 0.2) is 303 Å². The molecular formula is C78H50. The molecule has 15 rings (SSSR count). The lowest BCUT2D eigenvalue weighted by atomic mass is 9.84. The molecule has 0 N–H and O–H groups in total. The van der Waals surface area contributed by atoms with Gasteiger partial charge in [-0.15, -0.1) is 0 Å². The summed E-state index contributed by atoms with van der Waals surface area (Å²) in [6.07, 6.45) is 0. The standard InChI is InChI=1S/C78H50/c1-3-19-51(20-4-1)55-23-15-27-61(45-55)75-65-31-7-11-35-69(65)77(70-36-12-8-32-66(70)75)63-29-17-25-57(47-63)59-43-41-53-39-40-54-42-44-60(50-74(54)73(53)49-59)58-26-18-30-64(48-58)78-71-37-13-9-33-67(71)76(68-34-10-14-38-72(68)78)62-28-16-24-56(46-62)52-21-5-2-6-22-52/h1-50H. The van der Waals surface area contributed by atoms with Crippen LogP contribution in [0.5, 0.6) is 0 Å². The van der Waals surface area contributed by atoms with Crippen LogP contribution in [0.3, 0.4) is 0 Å².